The second-order valence-electron chi connectivity index (χ2n) is 4.22. The molecule has 0 aromatic heterocycles. The molecule has 3 N–H and O–H groups in total. The van der Waals surface area contributed by atoms with Gasteiger partial charge in [-0.2, -0.15) is 5.10 Å². The summed E-state index contributed by atoms with van der Waals surface area (Å²) >= 11 is 3.27. The number of nitrogens with one attached hydrogen (secondary N) is 2. The third-order valence-corrected chi connectivity index (χ3v) is 3.29. The van der Waals surface area contributed by atoms with Gasteiger partial charge in [0.15, 0.2) is 0 Å². The normalized spacial score (nSPS) is 10.4. The molecule has 0 heterocycles. The van der Waals surface area contributed by atoms with Crippen molar-refractivity contribution in [3.8, 4) is 5.75 Å². The van der Waals surface area contributed by atoms with Crippen molar-refractivity contribution in [2.24, 2.45) is 5.10 Å². The number of phenolic OH excluding ortho intramolecular Hbond substituents is 1. The van der Waals surface area contributed by atoms with E-state index < -0.39 is 11.8 Å². The fraction of sp³-hybridized carbons (Fsp3) is 0. The van der Waals surface area contributed by atoms with Crippen LogP contribution >= 0.6 is 15.9 Å². The number of hydrogen-bond donors (Lipinski definition) is 3. The Bertz CT molecular complexity index is 714. The molecule has 22 heavy (non-hydrogen) atoms. The van der Waals surface area contributed by atoms with E-state index in [9.17, 15) is 9.59 Å². The van der Waals surface area contributed by atoms with Crippen LogP contribution in [0.15, 0.2) is 58.1 Å². The lowest BCUT2D eigenvalue weighted by Gasteiger charge is -2.05. The molecule has 0 bridgehead atoms. The number of nitrogens with zero attached hydrogens (tertiary/aromatic N) is 1. The molecule has 2 rings (SSSR count). The average Bonchev–Trinajstić information content (AvgIpc) is 2.51. The molecule has 2 aromatic rings. The van der Waals surface area contributed by atoms with E-state index >= 15 is 0 Å². The zero-order chi connectivity index (χ0) is 15.9. The van der Waals surface area contributed by atoms with Crippen molar-refractivity contribution in [3.05, 3.63) is 58.6 Å². The Morgan fingerprint density at radius 3 is 2.41 bits per heavy atom. The molecule has 7 heteroatoms. The fourth-order valence-electron chi connectivity index (χ4n) is 1.52. The SMILES string of the molecule is O=C(N/N=C\c1ccc(O)cc1)C(=O)Nc1ccccc1Br. The monoisotopic (exact) mass is 361 g/mol. The lowest BCUT2D eigenvalue weighted by Crippen LogP contribution is -2.32. The van der Waals surface area contributed by atoms with Crippen molar-refractivity contribution in [1.82, 2.24) is 5.43 Å². The average molecular weight is 362 g/mol. The second-order valence-corrected chi connectivity index (χ2v) is 5.08. The molecule has 0 aliphatic rings. The van der Waals surface area contributed by atoms with Gasteiger partial charge in [0.1, 0.15) is 5.75 Å². The van der Waals surface area contributed by atoms with Gasteiger partial charge < -0.3 is 10.4 Å². The van der Waals surface area contributed by atoms with Crippen LogP contribution in [0.5, 0.6) is 5.75 Å². The summed E-state index contributed by atoms with van der Waals surface area (Å²) in [6, 6.07) is 13.2. The quantitative estimate of drug-likeness (QED) is 0.444. The first-order valence-corrected chi connectivity index (χ1v) is 7.03. The van der Waals surface area contributed by atoms with Gasteiger partial charge in [0, 0.05) is 4.47 Å². The molecule has 2 amide bonds. The van der Waals surface area contributed by atoms with Crippen LogP contribution in [0.3, 0.4) is 0 Å². The maximum atomic E-state index is 11.7. The highest BCUT2D eigenvalue weighted by Crippen LogP contribution is 2.20. The highest BCUT2D eigenvalue weighted by Gasteiger charge is 2.13. The summed E-state index contributed by atoms with van der Waals surface area (Å²) in [6.07, 6.45) is 1.36. The topological polar surface area (TPSA) is 90.8 Å². The number of aromatic hydroxyl groups is 1. The van der Waals surface area contributed by atoms with E-state index in [0.717, 1.165) is 0 Å². The number of hydrazone groups is 1. The second kappa shape index (κ2) is 7.37. The van der Waals surface area contributed by atoms with Gasteiger partial charge in [-0.3, -0.25) is 9.59 Å². The Morgan fingerprint density at radius 2 is 1.73 bits per heavy atom. The standard InChI is InChI=1S/C15H12BrN3O3/c16-12-3-1-2-4-13(12)18-14(21)15(22)19-17-9-10-5-7-11(20)8-6-10/h1-9,20H,(H,18,21)(H,19,22)/b17-9-. The predicted octanol–water partition coefficient (Wildman–Crippen LogP) is 2.24. The van der Waals surface area contributed by atoms with E-state index in [-0.39, 0.29) is 5.75 Å². The molecule has 6 nitrogen and oxygen atoms in total. The predicted molar refractivity (Wildman–Crippen MR) is 86.6 cm³/mol. The number of amides is 2. The van der Waals surface area contributed by atoms with Crippen molar-refractivity contribution in [2.75, 3.05) is 5.32 Å². The van der Waals surface area contributed by atoms with Gasteiger partial charge in [-0.1, -0.05) is 12.1 Å². The molecule has 0 aliphatic heterocycles. The van der Waals surface area contributed by atoms with Gasteiger partial charge in [0.05, 0.1) is 11.9 Å². The van der Waals surface area contributed by atoms with E-state index in [1.807, 2.05) is 0 Å². The van der Waals surface area contributed by atoms with Crippen molar-refractivity contribution >= 4 is 39.6 Å². The lowest BCUT2D eigenvalue weighted by molar-refractivity contribution is -0.136. The summed E-state index contributed by atoms with van der Waals surface area (Å²) < 4.78 is 0.670. The van der Waals surface area contributed by atoms with Crippen LogP contribution in [-0.2, 0) is 9.59 Å². The molecular weight excluding hydrogens is 350 g/mol. The van der Waals surface area contributed by atoms with E-state index in [0.29, 0.717) is 15.7 Å². The smallest absolute Gasteiger partial charge is 0.329 e. The van der Waals surface area contributed by atoms with E-state index in [2.05, 4.69) is 31.8 Å². The van der Waals surface area contributed by atoms with Crippen molar-refractivity contribution in [3.63, 3.8) is 0 Å². The van der Waals surface area contributed by atoms with Crippen LogP contribution < -0.4 is 10.7 Å². The summed E-state index contributed by atoms with van der Waals surface area (Å²) in [5, 5.41) is 15.3. The van der Waals surface area contributed by atoms with Crippen LogP contribution in [-0.4, -0.2) is 23.1 Å². The number of phenols is 1. The number of benzene rings is 2. The van der Waals surface area contributed by atoms with Crippen LogP contribution in [0.2, 0.25) is 0 Å². The highest BCUT2D eigenvalue weighted by molar-refractivity contribution is 9.10. The molecule has 0 aliphatic carbocycles. The number of para-hydroxylation sites is 1. The molecule has 0 radical (unpaired) electrons. The molecule has 0 spiro atoms. The Morgan fingerprint density at radius 1 is 1.05 bits per heavy atom. The number of rotatable bonds is 3. The number of carbonyl (C=O) groups excluding carboxylic acids is 2. The minimum absolute atomic E-state index is 0.133. The molecule has 0 atom stereocenters. The maximum absolute atomic E-state index is 11.7. The Kier molecular flexibility index (Phi) is 5.26. The van der Waals surface area contributed by atoms with E-state index in [1.165, 1.54) is 18.3 Å². The van der Waals surface area contributed by atoms with Crippen LogP contribution in [0.1, 0.15) is 5.56 Å². The first-order chi connectivity index (χ1) is 10.6. The van der Waals surface area contributed by atoms with Crippen LogP contribution in [0.25, 0.3) is 0 Å². The van der Waals surface area contributed by atoms with Gasteiger partial charge in [-0.25, -0.2) is 5.43 Å². The van der Waals surface area contributed by atoms with Crippen molar-refractivity contribution in [1.29, 1.82) is 0 Å². The van der Waals surface area contributed by atoms with E-state index in [4.69, 9.17) is 5.11 Å². The molecule has 0 saturated carbocycles. The van der Waals surface area contributed by atoms with E-state index in [1.54, 1.807) is 36.4 Å². The third-order valence-electron chi connectivity index (χ3n) is 2.60. The first kappa shape index (κ1) is 15.7. The molecular formula is C15H12BrN3O3. The van der Waals surface area contributed by atoms with Crippen LogP contribution in [0, 0.1) is 0 Å². The van der Waals surface area contributed by atoms with Crippen molar-refractivity contribution < 1.29 is 14.7 Å². The minimum atomic E-state index is -0.884. The molecule has 2 aromatic carbocycles. The van der Waals surface area contributed by atoms with Crippen LogP contribution in [0.4, 0.5) is 5.69 Å². The summed E-state index contributed by atoms with van der Waals surface area (Å²) in [5.41, 5.74) is 3.29. The first-order valence-electron chi connectivity index (χ1n) is 6.24. The summed E-state index contributed by atoms with van der Waals surface area (Å²) in [5.74, 6) is -1.57. The highest BCUT2D eigenvalue weighted by atomic mass is 79.9. The number of anilines is 1. The van der Waals surface area contributed by atoms with Gasteiger partial charge in [0.2, 0.25) is 0 Å². The Labute approximate surface area is 135 Å². The van der Waals surface area contributed by atoms with Crippen molar-refractivity contribution in [2.45, 2.75) is 0 Å². The van der Waals surface area contributed by atoms with Gasteiger partial charge in [-0.15, -0.1) is 0 Å². The largest absolute Gasteiger partial charge is 0.508 e. The Balaban J connectivity index is 1.90. The number of hydrogen-bond acceptors (Lipinski definition) is 4. The Hall–Kier alpha value is -2.67. The number of halogens is 1. The molecule has 0 unspecified atom stereocenters. The summed E-state index contributed by atoms with van der Waals surface area (Å²) in [4.78, 5) is 23.3. The van der Waals surface area contributed by atoms with Gasteiger partial charge in [0.25, 0.3) is 0 Å². The summed E-state index contributed by atoms with van der Waals surface area (Å²) in [6.45, 7) is 0. The summed E-state index contributed by atoms with van der Waals surface area (Å²) in [7, 11) is 0. The lowest BCUT2D eigenvalue weighted by atomic mass is 10.2. The third kappa shape index (κ3) is 4.42. The van der Waals surface area contributed by atoms with Gasteiger partial charge in [-0.05, 0) is 57.9 Å². The molecule has 0 saturated heterocycles. The zero-order valence-electron chi connectivity index (χ0n) is 11.3. The van der Waals surface area contributed by atoms with Gasteiger partial charge >= 0.3 is 11.8 Å². The molecule has 0 fully saturated rings. The fourth-order valence-corrected chi connectivity index (χ4v) is 1.90. The minimum Gasteiger partial charge on any atom is -0.508 e. The zero-order valence-corrected chi connectivity index (χ0v) is 12.9. The maximum Gasteiger partial charge on any atom is 0.329 e. The molecule has 112 valence electrons. The number of carbonyl (C=O) groups is 2.